The molecule has 0 aliphatic carbocycles. The lowest BCUT2D eigenvalue weighted by molar-refractivity contribution is -0.124. The molecule has 1 heterocycles. The zero-order chi connectivity index (χ0) is 17.5. The first-order valence-electron chi connectivity index (χ1n) is 7.73. The van der Waals surface area contributed by atoms with Gasteiger partial charge in [0.15, 0.2) is 6.61 Å². The Morgan fingerprint density at radius 3 is 2.50 bits per heavy atom. The number of aromatic nitrogens is 1. The molecule has 0 bridgehead atoms. The third-order valence-corrected chi connectivity index (χ3v) is 3.54. The number of amides is 1. The van der Waals surface area contributed by atoms with Gasteiger partial charge in [-0.2, -0.15) is 0 Å². The first-order valence-corrected chi connectivity index (χ1v) is 7.73. The van der Waals surface area contributed by atoms with Crippen LogP contribution in [-0.2, 0) is 11.4 Å². The molecule has 1 amide bonds. The van der Waals surface area contributed by atoms with Crippen molar-refractivity contribution in [1.29, 1.82) is 0 Å². The van der Waals surface area contributed by atoms with Crippen LogP contribution in [0.25, 0.3) is 0 Å². The van der Waals surface area contributed by atoms with Gasteiger partial charge >= 0.3 is 0 Å². The fraction of sp³-hybridized carbons (Fsp3) is 0.333. The number of pyridine rings is 1. The number of ether oxygens (including phenoxy) is 1. The Morgan fingerprint density at radius 2 is 1.96 bits per heavy atom. The number of nitrogens with one attached hydrogen (secondary N) is 1. The van der Waals surface area contributed by atoms with Crippen molar-refractivity contribution < 1.29 is 19.0 Å². The van der Waals surface area contributed by atoms with Crippen molar-refractivity contribution in [3.05, 3.63) is 59.7 Å². The van der Waals surface area contributed by atoms with Crippen molar-refractivity contribution in [2.75, 3.05) is 6.61 Å². The number of carbonyl (C=O) groups excluding carboxylic acids is 1. The summed E-state index contributed by atoms with van der Waals surface area (Å²) in [4.78, 5) is 16.1. The van der Waals surface area contributed by atoms with Gasteiger partial charge in [0.2, 0.25) is 0 Å². The largest absolute Gasteiger partial charge is 0.482 e. The van der Waals surface area contributed by atoms with E-state index in [1.807, 2.05) is 13.8 Å². The Kier molecular flexibility index (Phi) is 6.26. The van der Waals surface area contributed by atoms with E-state index in [1.165, 1.54) is 18.3 Å². The van der Waals surface area contributed by atoms with Crippen molar-refractivity contribution in [3.8, 4) is 5.75 Å². The summed E-state index contributed by atoms with van der Waals surface area (Å²) in [5, 5.41) is 11.8. The van der Waals surface area contributed by atoms with Gasteiger partial charge < -0.3 is 15.2 Å². The zero-order valence-corrected chi connectivity index (χ0v) is 13.7. The number of benzene rings is 1. The summed E-state index contributed by atoms with van der Waals surface area (Å²) < 4.78 is 18.4. The lowest BCUT2D eigenvalue weighted by Gasteiger charge is -2.23. The van der Waals surface area contributed by atoms with E-state index >= 15 is 0 Å². The highest BCUT2D eigenvalue weighted by atomic mass is 19.1. The predicted molar refractivity (Wildman–Crippen MR) is 87.8 cm³/mol. The molecule has 2 N–H and O–H groups in total. The monoisotopic (exact) mass is 332 g/mol. The van der Waals surface area contributed by atoms with E-state index in [-0.39, 0.29) is 36.9 Å². The van der Waals surface area contributed by atoms with Crippen LogP contribution in [0.4, 0.5) is 4.39 Å². The molecular weight excluding hydrogens is 311 g/mol. The van der Waals surface area contributed by atoms with Crippen molar-refractivity contribution >= 4 is 5.91 Å². The Bertz CT molecular complexity index is 657. The fourth-order valence-electron chi connectivity index (χ4n) is 2.26. The van der Waals surface area contributed by atoms with E-state index in [1.54, 1.807) is 24.3 Å². The summed E-state index contributed by atoms with van der Waals surface area (Å²) in [6, 6.07) is 9.13. The van der Waals surface area contributed by atoms with E-state index in [2.05, 4.69) is 10.3 Å². The van der Waals surface area contributed by atoms with Crippen molar-refractivity contribution in [1.82, 2.24) is 10.3 Å². The third kappa shape index (κ3) is 5.03. The number of aliphatic hydroxyl groups is 1. The van der Waals surface area contributed by atoms with Crippen LogP contribution in [0.5, 0.6) is 5.75 Å². The van der Waals surface area contributed by atoms with E-state index < -0.39 is 0 Å². The summed E-state index contributed by atoms with van der Waals surface area (Å²) in [6.45, 7) is 3.67. The van der Waals surface area contributed by atoms with Crippen LogP contribution >= 0.6 is 0 Å². The number of hydrogen-bond donors (Lipinski definition) is 2. The maximum atomic E-state index is 13.0. The van der Waals surface area contributed by atoms with Gasteiger partial charge in [-0.1, -0.05) is 26.0 Å². The Balaban J connectivity index is 1.93. The van der Waals surface area contributed by atoms with Crippen LogP contribution in [0.1, 0.15) is 31.1 Å². The van der Waals surface area contributed by atoms with Crippen LogP contribution in [-0.4, -0.2) is 22.6 Å². The third-order valence-electron chi connectivity index (χ3n) is 3.54. The van der Waals surface area contributed by atoms with Crippen LogP contribution in [0.3, 0.4) is 0 Å². The quantitative estimate of drug-likeness (QED) is 0.817. The van der Waals surface area contributed by atoms with Gasteiger partial charge in [0.05, 0.1) is 24.5 Å². The van der Waals surface area contributed by atoms with Gasteiger partial charge in [0.1, 0.15) is 11.6 Å². The van der Waals surface area contributed by atoms with Crippen molar-refractivity contribution in [3.63, 3.8) is 0 Å². The molecule has 2 aromatic rings. The molecule has 1 unspecified atom stereocenters. The molecule has 0 fully saturated rings. The number of carbonyl (C=O) groups is 1. The summed E-state index contributed by atoms with van der Waals surface area (Å²) in [5.41, 5.74) is 1.37. The summed E-state index contributed by atoms with van der Waals surface area (Å²) in [7, 11) is 0. The minimum Gasteiger partial charge on any atom is -0.482 e. The first-order chi connectivity index (χ1) is 11.5. The highest BCUT2D eigenvalue weighted by Crippen LogP contribution is 2.22. The molecule has 5 nitrogen and oxygen atoms in total. The first kappa shape index (κ1) is 17.9. The number of aliphatic hydroxyl groups excluding tert-OH is 1. The maximum Gasteiger partial charge on any atom is 0.258 e. The van der Waals surface area contributed by atoms with Crippen molar-refractivity contribution in [2.45, 2.75) is 26.5 Å². The number of nitrogens with zero attached hydrogens (tertiary/aromatic N) is 1. The predicted octanol–water partition coefficient (Wildman–Crippen LogP) is 2.61. The number of halogens is 1. The van der Waals surface area contributed by atoms with E-state index in [4.69, 9.17) is 9.84 Å². The van der Waals surface area contributed by atoms with E-state index in [9.17, 15) is 9.18 Å². The molecule has 1 aromatic carbocycles. The molecule has 2 rings (SSSR count). The molecule has 0 spiro atoms. The smallest absolute Gasteiger partial charge is 0.258 e. The highest BCUT2D eigenvalue weighted by molar-refractivity contribution is 5.78. The molecule has 0 aliphatic rings. The molecule has 1 atom stereocenters. The fourth-order valence-corrected chi connectivity index (χ4v) is 2.26. The second-order valence-corrected chi connectivity index (χ2v) is 5.77. The molecule has 0 radical (unpaired) electrons. The molecule has 24 heavy (non-hydrogen) atoms. The molecular formula is C18H21FN2O3. The highest BCUT2D eigenvalue weighted by Gasteiger charge is 2.18. The van der Waals surface area contributed by atoms with E-state index in [0.29, 0.717) is 11.4 Å². The van der Waals surface area contributed by atoms with Crippen LogP contribution in [0.15, 0.2) is 42.6 Å². The summed E-state index contributed by atoms with van der Waals surface area (Å²) in [6.07, 6.45) is 1.46. The second-order valence-electron chi connectivity index (χ2n) is 5.77. The van der Waals surface area contributed by atoms with Crippen molar-refractivity contribution in [2.24, 2.45) is 5.92 Å². The molecule has 0 aliphatic heterocycles. The minimum atomic E-state index is -0.310. The summed E-state index contributed by atoms with van der Waals surface area (Å²) in [5.74, 6) is 0.00847. The molecule has 128 valence electrons. The molecule has 6 heteroatoms. The topological polar surface area (TPSA) is 71.5 Å². The molecule has 0 saturated carbocycles. The van der Waals surface area contributed by atoms with Gasteiger partial charge in [-0.25, -0.2) is 4.39 Å². The molecule has 1 aromatic heterocycles. The Labute approximate surface area is 140 Å². The maximum absolute atomic E-state index is 13.0. The van der Waals surface area contributed by atoms with Gasteiger partial charge in [0.25, 0.3) is 5.91 Å². The standard InChI is InChI=1S/C18H21FN2O3/c1-12(2)18(13-3-5-14(19)6-4-13)21-17(23)11-24-16-8-7-15(10-22)20-9-16/h3-9,12,18,22H,10-11H2,1-2H3,(H,21,23). The number of rotatable bonds is 7. The van der Waals surface area contributed by atoms with Gasteiger partial charge in [-0.15, -0.1) is 0 Å². The second kappa shape index (κ2) is 8.40. The van der Waals surface area contributed by atoms with Gasteiger partial charge in [-0.3, -0.25) is 9.78 Å². The SMILES string of the molecule is CC(C)C(NC(=O)COc1ccc(CO)nc1)c1ccc(F)cc1. The van der Waals surface area contributed by atoms with Crippen LogP contribution in [0.2, 0.25) is 0 Å². The average Bonchev–Trinajstić information content (AvgIpc) is 2.59. The van der Waals surface area contributed by atoms with Gasteiger partial charge in [-0.05, 0) is 35.7 Å². The molecule has 0 saturated heterocycles. The summed E-state index contributed by atoms with van der Waals surface area (Å²) >= 11 is 0. The minimum absolute atomic E-state index is 0.143. The Morgan fingerprint density at radius 1 is 1.25 bits per heavy atom. The lowest BCUT2D eigenvalue weighted by atomic mass is 9.96. The van der Waals surface area contributed by atoms with E-state index in [0.717, 1.165) is 5.56 Å². The van der Waals surface area contributed by atoms with Crippen LogP contribution in [0, 0.1) is 11.7 Å². The average molecular weight is 332 g/mol. The lowest BCUT2D eigenvalue weighted by Crippen LogP contribution is -2.35. The Hall–Kier alpha value is -2.47. The number of hydrogen-bond acceptors (Lipinski definition) is 4. The van der Waals surface area contributed by atoms with Gasteiger partial charge in [0, 0.05) is 0 Å². The van der Waals surface area contributed by atoms with Crippen LogP contribution < -0.4 is 10.1 Å². The zero-order valence-electron chi connectivity index (χ0n) is 13.7. The normalized spacial score (nSPS) is 12.0.